The van der Waals surface area contributed by atoms with Crippen molar-refractivity contribution in [3.8, 4) is 18.2 Å². The molecule has 0 unspecified atom stereocenters. The standard InChI is InChI=1S/C23H4F8N6/c1-35-5-7(4-34)9-13(25)19(31)15(27)11-17(29)22-23(37-21(9)11)16(28)10-14(26)18(30)12(24)8(20(10)36-22)6(2-32)3-33/h5H,1H3/b9-7+,35-5+. The number of rotatable bonds is 1. The maximum Gasteiger partial charge on any atom is 0.195 e. The van der Waals surface area contributed by atoms with E-state index >= 15 is 8.78 Å². The minimum absolute atomic E-state index is 0.694. The number of nitriles is 3. The Morgan fingerprint density at radius 3 is 1.43 bits per heavy atom. The van der Waals surface area contributed by atoms with Crippen LogP contribution in [0.2, 0.25) is 0 Å². The van der Waals surface area contributed by atoms with Crippen LogP contribution >= 0.6 is 0 Å². The summed E-state index contributed by atoms with van der Waals surface area (Å²) >= 11 is 0. The summed E-state index contributed by atoms with van der Waals surface area (Å²) in [6.45, 7) is 0. The molecule has 4 rings (SSSR count). The monoisotopic (exact) mass is 516 g/mol. The lowest BCUT2D eigenvalue weighted by Gasteiger charge is -2.11. The number of benzene rings is 2. The molecule has 0 spiro atoms. The Kier molecular flexibility index (Phi) is 5.94. The van der Waals surface area contributed by atoms with E-state index < -0.39 is 101 Å². The summed E-state index contributed by atoms with van der Waals surface area (Å²) in [6.07, 6.45) is 0.694. The van der Waals surface area contributed by atoms with Crippen molar-refractivity contribution in [2.75, 3.05) is 7.05 Å². The van der Waals surface area contributed by atoms with Crippen LogP contribution in [0, 0.1) is 80.5 Å². The quantitative estimate of drug-likeness (QED) is 0.166. The first-order valence-corrected chi connectivity index (χ1v) is 9.57. The van der Waals surface area contributed by atoms with Crippen LogP contribution in [0.3, 0.4) is 0 Å². The van der Waals surface area contributed by atoms with E-state index in [1.807, 2.05) is 0 Å². The van der Waals surface area contributed by atoms with Crippen molar-refractivity contribution in [2.24, 2.45) is 4.99 Å². The summed E-state index contributed by atoms with van der Waals surface area (Å²) in [7, 11) is 1.12. The molecule has 0 aliphatic heterocycles. The van der Waals surface area contributed by atoms with Gasteiger partial charge in [0.25, 0.3) is 0 Å². The number of aliphatic imine (C=N–C) groups is 1. The first-order chi connectivity index (χ1) is 17.5. The van der Waals surface area contributed by atoms with Crippen molar-refractivity contribution >= 4 is 50.2 Å². The highest BCUT2D eigenvalue weighted by Gasteiger charge is 2.29. The predicted molar refractivity (Wildman–Crippen MR) is 112 cm³/mol. The Morgan fingerprint density at radius 1 is 0.595 bits per heavy atom. The van der Waals surface area contributed by atoms with E-state index in [2.05, 4.69) is 15.0 Å². The van der Waals surface area contributed by atoms with Gasteiger partial charge in [-0.15, -0.1) is 0 Å². The van der Waals surface area contributed by atoms with Gasteiger partial charge in [-0.25, -0.2) is 45.1 Å². The molecular formula is C23H4F8N6. The third kappa shape index (κ3) is 3.32. The normalized spacial score (nSPS) is 12.2. The van der Waals surface area contributed by atoms with E-state index in [1.54, 1.807) is 0 Å². The van der Waals surface area contributed by atoms with Crippen LogP contribution in [0.4, 0.5) is 35.1 Å². The van der Waals surface area contributed by atoms with Crippen molar-refractivity contribution in [3.63, 3.8) is 0 Å². The molecule has 0 amide bonds. The van der Waals surface area contributed by atoms with Gasteiger partial charge < -0.3 is 0 Å². The molecule has 0 N–H and O–H groups in total. The van der Waals surface area contributed by atoms with Crippen molar-refractivity contribution < 1.29 is 35.1 Å². The van der Waals surface area contributed by atoms with Crippen LogP contribution in [0.5, 0.6) is 0 Å². The van der Waals surface area contributed by atoms with Gasteiger partial charge in [0, 0.05) is 13.3 Å². The topological polar surface area (TPSA) is 110 Å². The van der Waals surface area contributed by atoms with Gasteiger partial charge in [0.15, 0.2) is 46.5 Å². The second kappa shape index (κ2) is 8.81. The molecule has 0 aliphatic carbocycles. The summed E-state index contributed by atoms with van der Waals surface area (Å²) in [5.74, 6) is -16.9. The van der Waals surface area contributed by atoms with E-state index in [4.69, 9.17) is 10.5 Å². The zero-order chi connectivity index (χ0) is 27.3. The van der Waals surface area contributed by atoms with Gasteiger partial charge in [-0.1, -0.05) is 0 Å². The molecule has 0 bridgehead atoms. The summed E-state index contributed by atoms with van der Waals surface area (Å²) < 4.78 is 118. The fourth-order valence-corrected chi connectivity index (χ4v) is 3.68. The third-order valence-electron chi connectivity index (χ3n) is 5.24. The maximum atomic E-state index is 15.5. The van der Waals surface area contributed by atoms with E-state index in [0.717, 1.165) is 7.05 Å². The van der Waals surface area contributed by atoms with Crippen molar-refractivity contribution in [1.82, 2.24) is 9.97 Å². The van der Waals surface area contributed by atoms with Gasteiger partial charge in [0.1, 0.15) is 34.8 Å². The Labute approximate surface area is 198 Å². The van der Waals surface area contributed by atoms with Gasteiger partial charge >= 0.3 is 0 Å². The SMILES string of the molecule is C/N=C/C(C#N)=c1\c(F)c(F)c(F)c2c(F)c3nc4c(=C(C#N)C#N)c(F)c(F)c(F)c4c(F)c3nc12. The van der Waals surface area contributed by atoms with E-state index in [0.29, 0.717) is 6.21 Å². The Morgan fingerprint density at radius 2 is 1.03 bits per heavy atom. The number of hydrogen-bond acceptors (Lipinski definition) is 6. The number of fused-ring (bicyclic) bond motifs is 3. The van der Waals surface area contributed by atoms with Crippen LogP contribution in [-0.2, 0) is 0 Å². The number of hydrogen-bond donors (Lipinski definition) is 0. The van der Waals surface area contributed by atoms with Gasteiger partial charge in [-0.2, -0.15) is 15.8 Å². The Bertz CT molecular complexity index is 2000. The van der Waals surface area contributed by atoms with Crippen LogP contribution in [0.1, 0.15) is 0 Å². The summed E-state index contributed by atoms with van der Waals surface area (Å²) in [5, 5.41) is 22.1. The minimum Gasteiger partial charge on any atom is -0.295 e. The predicted octanol–water partition coefficient (Wildman–Crippen LogP) is 3.62. The number of pyridine rings is 2. The molecule has 0 saturated carbocycles. The van der Waals surface area contributed by atoms with Crippen LogP contribution in [0.15, 0.2) is 4.99 Å². The van der Waals surface area contributed by atoms with E-state index in [-0.39, 0.29) is 0 Å². The van der Waals surface area contributed by atoms with Crippen LogP contribution < -0.4 is 10.4 Å². The largest absolute Gasteiger partial charge is 0.295 e. The zero-order valence-electron chi connectivity index (χ0n) is 17.8. The first-order valence-electron chi connectivity index (χ1n) is 9.57. The van der Waals surface area contributed by atoms with Crippen molar-refractivity contribution in [1.29, 1.82) is 15.8 Å². The molecule has 0 saturated heterocycles. The van der Waals surface area contributed by atoms with Crippen LogP contribution in [-0.4, -0.2) is 23.2 Å². The van der Waals surface area contributed by atoms with Crippen molar-refractivity contribution in [3.05, 3.63) is 57.0 Å². The number of halogens is 8. The summed E-state index contributed by atoms with van der Waals surface area (Å²) in [4.78, 5) is 10.4. The molecule has 4 aromatic rings. The molecule has 0 atom stereocenters. The van der Waals surface area contributed by atoms with Crippen LogP contribution in [0.25, 0.3) is 44.0 Å². The molecule has 2 heterocycles. The summed E-state index contributed by atoms with van der Waals surface area (Å²) in [6, 6.07) is 3.77. The molecule has 37 heavy (non-hydrogen) atoms. The smallest absolute Gasteiger partial charge is 0.195 e. The fraction of sp³-hybridized carbons (Fsp3) is 0.0435. The van der Waals surface area contributed by atoms with Gasteiger partial charge in [-0.05, 0) is 0 Å². The first kappa shape index (κ1) is 24.9. The molecule has 2 aromatic heterocycles. The third-order valence-corrected chi connectivity index (χ3v) is 5.24. The van der Waals surface area contributed by atoms with Crippen molar-refractivity contribution in [2.45, 2.75) is 0 Å². The number of aromatic nitrogens is 2. The molecular weight excluding hydrogens is 512 g/mol. The highest BCUT2D eigenvalue weighted by atomic mass is 19.2. The van der Waals surface area contributed by atoms with E-state index in [1.165, 1.54) is 18.2 Å². The lowest BCUT2D eigenvalue weighted by Crippen LogP contribution is -2.21. The average Bonchev–Trinajstić information content (AvgIpc) is 2.88. The number of nitrogens with zero attached hydrogens (tertiary/aromatic N) is 6. The Balaban J connectivity index is 2.49. The van der Waals surface area contributed by atoms with Gasteiger partial charge in [-0.3, -0.25) is 4.99 Å². The zero-order valence-corrected chi connectivity index (χ0v) is 17.8. The maximum absolute atomic E-state index is 15.5. The lowest BCUT2D eigenvalue weighted by molar-refractivity contribution is 0.446. The molecule has 6 nitrogen and oxygen atoms in total. The second-order valence-corrected chi connectivity index (χ2v) is 7.14. The fourth-order valence-electron chi connectivity index (χ4n) is 3.68. The molecule has 14 heteroatoms. The highest BCUT2D eigenvalue weighted by Crippen LogP contribution is 2.32. The lowest BCUT2D eigenvalue weighted by atomic mass is 10.0. The van der Waals surface area contributed by atoms with Gasteiger partial charge in [0.05, 0.1) is 37.8 Å². The van der Waals surface area contributed by atoms with E-state index in [9.17, 15) is 31.6 Å². The highest BCUT2D eigenvalue weighted by molar-refractivity contribution is 6.11. The summed E-state index contributed by atoms with van der Waals surface area (Å²) in [5.41, 5.74) is -6.93. The molecule has 0 fully saturated rings. The molecule has 0 radical (unpaired) electrons. The molecule has 182 valence electrons. The second-order valence-electron chi connectivity index (χ2n) is 7.14. The Hall–Kier alpha value is -5.16. The van der Waals surface area contributed by atoms with Gasteiger partial charge in [0.2, 0.25) is 0 Å². The minimum atomic E-state index is -2.31. The molecule has 0 aliphatic rings. The average molecular weight is 516 g/mol. The molecule has 2 aromatic carbocycles.